The SMILES string of the molecule is c1ccc(C2=NC(c3ccccc3)NC(c3cccc(-c4cccc(N5c6ccccc6-c6c(n(-c7ccccc7)c7ccccc67)-c6ccccc65)c4)c3)=N2)cc1. The molecule has 1 unspecified atom stereocenters. The third-order valence-electron chi connectivity index (χ3n) is 11.2. The minimum Gasteiger partial charge on any atom is -0.344 e. The Morgan fingerprint density at radius 1 is 0.448 bits per heavy atom. The zero-order chi connectivity index (χ0) is 38.4. The van der Waals surface area contributed by atoms with Crippen LogP contribution in [-0.2, 0) is 0 Å². The van der Waals surface area contributed by atoms with E-state index in [4.69, 9.17) is 9.98 Å². The number of nitrogens with one attached hydrogen (secondary N) is 1. The lowest BCUT2D eigenvalue weighted by Crippen LogP contribution is -2.33. The summed E-state index contributed by atoms with van der Waals surface area (Å²) in [5.41, 5.74) is 15.7. The van der Waals surface area contributed by atoms with Crippen molar-refractivity contribution >= 4 is 39.6 Å². The Labute approximate surface area is 337 Å². The third kappa shape index (κ3) is 5.72. The van der Waals surface area contributed by atoms with E-state index in [1.54, 1.807) is 0 Å². The van der Waals surface area contributed by atoms with Crippen molar-refractivity contribution in [1.29, 1.82) is 0 Å². The Morgan fingerprint density at radius 3 is 1.81 bits per heavy atom. The largest absolute Gasteiger partial charge is 0.344 e. The first-order valence-electron chi connectivity index (χ1n) is 19.7. The molecule has 1 N–H and O–H groups in total. The predicted octanol–water partition coefficient (Wildman–Crippen LogP) is 12.9. The highest BCUT2D eigenvalue weighted by molar-refractivity contribution is 6.14. The van der Waals surface area contributed by atoms with Gasteiger partial charge < -0.3 is 14.8 Å². The molecule has 0 saturated heterocycles. The van der Waals surface area contributed by atoms with Crippen LogP contribution in [0.15, 0.2) is 222 Å². The molecule has 9 aromatic rings. The number of amidine groups is 2. The first-order chi connectivity index (χ1) is 28.8. The van der Waals surface area contributed by atoms with Gasteiger partial charge in [-0.3, -0.25) is 0 Å². The highest BCUT2D eigenvalue weighted by atomic mass is 15.2. The summed E-state index contributed by atoms with van der Waals surface area (Å²) in [6, 6.07) is 75.3. The van der Waals surface area contributed by atoms with E-state index >= 15 is 0 Å². The monoisotopic (exact) mass is 743 g/mol. The summed E-state index contributed by atoms with van der Waals surface area (Å²) in [5, 5.41) is 4.87. The molecule has 2 aliphatic heterocycles. The Balaban J connectivity index is 1.04. The lowest BCUT2D eigenvalue weighted by molar-refractivity contribution is 0.674. The molecule has 5 nitrogen and oxygen atoms in total. The number of anilines is 3. The summed E-state index contributed by atoms with van der Waals surface area (Å²) in [5.74, 6) is 1.50. The molecule has 0 saturated carbocycles. The summed E-state index contributed by atoms with van der Waals surface area (Å²) in [6.45, 7) is 0. The van der Waals surface area contributed by atoms with Crippen LogP contribution in [0.4, 0.5) is 17.1 Å². The maximum Gasteiger partial charge on any atom is 0.159 e. The standard InChI is InChI=1S/C53H37N5/c1-4-18-36(19-5-1)51-54-52(37-20-6-2-7-21-37)56-53(55-51)40-24-16-22-38(34-40)39-23-17-27-42(35-39)57-46-31-13-10-28-43(46)49-44-29-11-14-32-47(44)58(41-25-8-3-9-26-41)50(49)45-30-12-15-33-48(45)57/h1-35,51H,(H,54,55,56). The lowest BCUT2D eigenvalue weighted by Gasteiger charge is -2.28. The maximum absolute atomic E-state index is 5.09. The fourth-order valence-electron chi connectivity index (χ4n) is 8.56. The van der Waals surface area contributed by atoms with Crippen molar-refractivity contribution in [2.45, 2.75) is 6.17 Å². The molecular weight excluding hydrogens is 707 g/mol. The van der Waals surface area contributed by atoms with E-state index in [0.29, 0.717) is 5.84 Å². The number of benzene rings is 8. The van der Waals surface area contributed by atoms with Crippen LogP contribution in [0.25, 0.3) is 50.1 Å². The van der Waals surface area contributed by atoms with Gasteiger partial charge in [0, 0.05) is 44.6 Å². The molecule has 0 spiro atoms. The molecule has 1 atom stereocenters. The molecule has 8 aromatic carbocycles. The lowest BCUT2D eigenvalue weighted by atomic mass is 9.98. The van der Waals surface area contributed by atoms with Gasteiger partial charge in [-0.05, 0) is 65.2 Å². The van der Waals surface area contributed by atoms with Crippen LogP contribution < -0.4 is 10.2 Å². The van der Waals surface area contributed by atoms with Gasteiger partial charge in [0.05, 0.1) is 22.6 Å². The highest BCUT2D eigenvalue weighted by Gasteiger charge is 2.31. The summed E-state index contributed by atoms with van der Waals surface area (Å²) in [4.78, 5) is 12.6. The van der Waals surface area contributed by atoms with Crippen molar-refractivity contribution < 1.29 is 0 Å². The molecule has 0 aliphatic carbocycles. The van der Waals surface area contributed by atoms with Crippen molar-refractivity contribution in [3.8, 4) is 39.2 Å². The van der Waals surface area contributed by atoms with Gasteiger partial charge in [-0.1, -0.05) is 164 Å². The molecule has 0 fully saturated rings. The van der Waals surface area contributed by atoms with Crippen LogP contribution >= 0.6 is 0 Å². The molecular formula is C53H37N5. The third-order valence-corrected chi connectivity index (χ3v) is 11.2. The summed E-state index contributed by atoms with van der Waals surface area (Å²) < 4.78 is 2.43. The molecule has 1 aromatic heterocycles. The molecule has 0 radical (unpaired) electrons. The highest BCUT2D eigenvalue weighted by Crippen LogP contribution is 2.54. The Bertz CT molecular complexity index is 3040. The number of rotatable bonds is 6. The molecule has 3 heterocycles. The first kappa shape index (κ1) is 33.6. The number of nitrogens with zero attached hydrogens (tertiary/aromatic N) is 4. The van der Waals surface area contributed by atoms with E-state index in [0.717, 1.165) is 56.4 Å². The minimum atomic E-state index is -0.265. The zero-order valence-electron chi connectivity index (χ0n) is 31.6. The van der Waals surface area contributed by atoms with Gasteiger partial charge in [0.2, 0.25) is 0 Å². The molecule has 0 amide bonds. The molecule has 0 bridgehead atoms. The van der Waals surface area contributed by atoms with Crippen LogP contribution in [0.3, 0.4) is 0 Å². The number of hydrogen-bond acceptors (Lipinski definition) is 4. The molecule has 58 heavy (non-hydrogen) atoms. The van der Waals surface area contributed by atoms with E-state index in [-0.39, 0.29) is 6.17 Å². The normalized spacial score (nSPS) is 14.3. The fourth-order valence-corrected chi connectivity index (χ4v) is 8.56. The van der Waals surface area contributed by atoms with Gasteiger partial charge in [0.1, 0.15) is 12.0 Å². The molecule has 2 aliphatic rings. The van der Waals surface area contributed by atoms with Crippen molar-refractivity contribution in [2.75, 3.05) is 4.90 Å². The number of para-hydroxylation sites is 4. The van der Waals surface area contributed by atoms with Crippen molar-refractivity contribution in [3.63, 3.8) is 0 Å². The van der Waals surface area contributed by atoms with E-state index in [1.807, 2.05) is 24.3 Å². The Hall–Kier alpha value is -7.76. The van der Waals surface area contributed by atoms with Gasteiger partial charge in [0.15, 0.2) is 5.84 Å². The molecule has 5 heteroatoms. The van der Waals surface area contributed by atoms with Crippen LogP contribution in [0, 0.1) is 0 Å². The van der Waals surface area contributed by atoms with Crippen molar-refractivity contribution in [1.82, 2.24) is 9.88 Å². The second-order valence-corrected chi connectivity index (χ2v) is 14.6. The fraction of sp³-hybridized carbons (Fsp3) is 0.0189. The second-order valence-electron chi connectivity index (χ2n) is 14.6. The van der Waals surface area contributed by atoms with E-state index in [1.165, 1.54) is 33.3 Å². The summed E-state index contributed by atoms with van der Waals surface area (Å²) in [6.07, 6.45) is -0.265. The van der Waals surface area contributed by atoms with Gasteiger partial charge in [0.25, 0.3) is 0 Å². The van der Waals surface area contributed by atoms with E-state index in [2.05, 4.69) is 203 Å². The average molecular weight is 744 g/mol. The number of aromatic nitrogens is 1. The number of aliphatic imine (C=N–C) groups is 2. The number of fused-ring (bicyclic) bond motifs is 7. The van der Waals surface area contributed by atoms with E-state index in [9.17, 15) is 0 Å². The quantitative estimate of drug-likeness (QED) is 0.184. The second kappa shape index (κ2) is 14.1. The molecule has 274 valence electrons. The zero-order valence-corrected chi connectivity index (χ0v) is 31.6. The van der Waals surface area contributed by atoms with Gasteiger partial charge in [-0.2, -0.15) is 0 Å². The van der Waals surface area contributed by atoms with Crippen molar-refractivity contribution in [2.24, 2.45) is 9.98 Å². The van der Waals surface area contributed by atoms with Crippen LogP contribution in [0.5, 0.6) is 0 Å². The Kier molecular flexibility index (Phi) is 8.14. The summed E-state index contributed by atoms with van der Waals surface area (Å²) in [7, 11) is 0. The van der Waals surface area contributed by atoms with Gasteiger partial charge in [-0.25, -0.2) is 9.98 Å². The first-order valence-corrected chi connectivity index (χ1v) is 19.7. The van der Waals surface area contributed by atoms with Gasteiger partial charge >= 0.3 is 0 Å². The maximum atomic E-state index is 5.09. The van der Waals surface area contributed by atoms with Crippen molar-refractivity contribution in [3.05, 3.63) is 229 Å². The smallest absolute Gasteiger partial charge is 0.159 e. The number of hydrogen-bond donors (Lipinski definition) is 1. The topological polar surface area (TPSA) is 44.9 Å². The van der Waals surface area contributed by atoms with Crippen LogP contribution in [0.1, 0.15) is 22.9 Å². The van der Waals surface area contributed by atoms with E-state index < -0.39 is 0 Å². The summed E-state index contributed by atoms with van der Waals surface area (Å²) >= 11 is 0. The Morgan fingerprint density at radius 2 is 1.02 bits per heavy atom. The molecule has 11 rings (SSSR count). The average Bonchev–Trinajstić information content (AvgIpc) is 3.59. The van der Waals surface area contributed by atoms with Crippen LogP contribution in [-0.4, -0.2) is 16.2 Å². The predicted molar refractivity (Wildman–Crippen MR) is 240 cm³/mol. The van der Waals surface area contributed by atoms with Crippen LogP contribution in [0.2, 0.25) is 0 Å². The van der Waals surface area contributed by atoms with Gasteiger partial charge in [-0.15, -0.1) is 0 Å². The minimum absolute atomic E-state index is 0.265.